The number of aliphatic hydroxyl groups is 1. The molecule has 0 aliphatic carbocycles. The highest BCUT2D eigenvalue weighted by atomic mass is 32.1. The van der Waals surface area contributed by atoms with Crippen LogP contribution in [-0.2, 0) is 13.1 Å². The Morgan fingerprint density at radius 1 is 1.37 bits per heavy atom. The van der Waals surface area contributed by atoms with E-state index in [0.717, 1.165) is 21.9 Å². The Kier molecular flexibility index (Phi) is 5.99. The second-order valence-corrected chi connectivity index (χ2v) is 6.89. The molecule has 3 aromatic heterocycles. The SMILES string of the molecule is CCN=Cc1sc(CNc2nc(-c3cnn(CCO)c3)cnc2N)cc1N. The van der Waals surface area contributed by atoms with Crippen molar-refractivity contribution in [2.24, 2.45) is 4.99 Å². The third-order valence-electron chi connectivity index (χ3n) is 3.72. The second-order valence-electron chi connectivity index (χ2n) is 5.72. The average molecular weight is 386 g/mol. The molecule has 0 amide bonds. The zero-order chi connectivity index (χ0) is 19.2. The molecule has 0 saturated heterocycles. The molecule has 0 aliphatic rings. The van der Waals surface area contributed by atoms with E-state index >= 15 is 0 Å². The van der Waals surface area contributed by atoms with E-state index in [1.807, 2.05) is 13.0 Å². The summed E-state index contributed by atoms with van der Waals surface area (Å²) in [4.78, 5) is 15.0. The highest BCUT2D eigenvalue weighted by Crippen LogP contribution is 2.25. The number of aliphatic imine (C=N–C) groups is 1. The Hall–Kier alpha value is -2.98. The molecular formula is C17H22N8OS. The van der Waals surface area contributed by atoms with Gasteiger partial charge in [-0.15, -0.1) is 11.3 Å². The summed E-state index contributed by atoms with van der Waals surface area (Å²) in [5.41, 5.74) is 14.1. The minimum absolute atomic E-state index is 0.0240. The smallest absolute Gasteiger partial charge is 0.169 e. The number of anilines is 3. The third kappa shape index (κ3) is 4.60. The standard InChI is InChI=1S/C17H22N8OS/c1-2-20-9-15-13(18)5-12(27-15)7-22-17-16(19)21-8-14(24-17)11-6-23-25(10-11)3-4-26/h5-6,8-10,26H,2-4,7,18H2,1H3,(H2,19,21)(H,22,24). The first-order valence-electron chi connectivity index (χ1n) is 8.48. The maximum absolute atomic E-state index is 9.00. The van der Waals surface area contributed by atoms with Crippen LogP contribution in [0.1, 0.15) is 16.7 Å². The van der Waals surface area contributed by atoms with Crippen molar-refractivity contribution in [1.29, 1.82) is 0 Å². The molecule has 0 fully saturated rings. The summed E-state index contributed by atoms with van der Waals surface area (Å²) < 4.78 is 1.65. The Morgan fingerprint density at radius 2 is 2.22 bits per heavy atom. The average Bonchev–Trinajstić information content (AvgIpc) is 3.26. The molecule has 3 rings (SSSR count). The van der Waals surface area contributed by atoms with Crippen molar-refractivity contribution in [1.82, 2.24) is 19.7 Å². The highest BCUT2D eigenvalue weighted by molar-refractivity contribution is 7.14. The molecule has 3 aromatic rings. The number of aliphatic hydroxyl groups excluding tert-OH is 1. The van der Waals surface area contributed by atoms with Gasteiger partial charge >= 0.3 is 0 Å². The van der Waals surface area contributed by atoms with Gasteiger partial charge in [-0.3, -0.25) is 9.67 Å². The van der Waals surface area contributed by atoms with Crippen LogP contribution in [0, 0.1) is 0 Å². The summed E-state index contributed by atoms with van der Waals surface area (Å²) in [5, 5.41) is 16.4. The van der Waals surface area contributed by atoms with Crippen LogP contribution in [0.25, 0.3) is 11.3 Å². The van der Waals surface area contributed by atoms with Crippen LogP contribution in [0.4, 0.5) is 17.3 Å². The number of hydrogen-bond acceptors (Lipinski definition) is 9. The molecule has 27 heavy (non-hydrogen) atoms. The number of nitrogens with one attached hydrogen (secondary N) is 1. The molecule has 0 radical (unpaired) electrons. The van der Waals surface area contributed by atoms with Crippen molar-refractivity contribution in [3.63, 3.8) is 0 Å². The number of aromatic nitrogens is 4. The topological polar surface area (TPSA) is 140 Å². The van der Waals surface area contributed by atoms with Crippen molar-refractivity contribution >= 4 is 34.9 Å². The fourth-order valence-corrected chi connectivity index (χ4v) is 3.31. The molecule has 9 nitrogen and oxygen atoms in total. The van der Waals surface area contributed by atoms with Crippen molar-refractivity contribution in [3.8, 4) is 11.3 Å². The van der Waals surface area contributed by atoms with E-state index in [4.69, 9.17) is 16.6 Å². The molecule has 10 heteroatoms. The molecule has 142 valence electrons. The maximum Gasteiger partial charge on any atom is 0.169 e. The van der Waals surface area contributed by atoms with Gasteiger partial charge in [0.05, 0.1) is 48.3 Å². The number of hydrogen-bond donors (Lipinski definition) is 4. The van der Waals surface area contributed by atoms with Gasteiger partial charge in [0.1, 0.15) is 0 Å². The second kappa shape index (κ2) is 8.60. The van der Waals surface area contributed by atoms with E-state index in [1.54, 1.807) is 40.8 Å². The van der Waals surface area contributed by atoms with E-state index in [-0.39, 0.29) is 6.61 Å². The van der Waals surface area contributed by atoms with Crippen molar-refractivity contribution in [2.75, 3.05) is 29.9 Å². The minimum Gasteiger partial charge on any atom is -0.398 e. The van der Waals surface area contributed by atoms with Gasteiger partial charge in [-0.25, -0.2) is 9.97 Å². The van der Waals surface area contributed by atoms with Gasteiger partial charge in [-0.2, -0.15) is 5.10 Å². The first kappa shape index (κ1) is 18.8. The molecule has 3 heterocycles. The Bertz CT molecular complexity index is 933. The Morgan fingerprint density at radius 3 is 3.00 bits per heavy atom. The highest BCUT2D eigenvalue weighted by Gasteiger charge is 2.10. The van der Waals surface area contributed by atoms with E-state index in [2.05, 4.69) is 25.4 Å². The van der Waals surface area contributed by atoms with Crippen LogP contribution in [0.3, 0.4) is 0 Å². The van der Waals surface area contributed by atoms with E-state index in [0.29, 0.717) is 36.1 Å². The monoisotopic (exact) mass is 386 g/mol. The molecule has 6 N–H and O–H groups in total. The number of nitrogens with zero attached hydrogens (tertiary/aromatic N) is 5. The third-order valence-corrected chi connectivity index (χ3v) is 4.81. The summed E-state index contributed by atoms with van der Waals surface area (Å²) >= 11 is 1.57. The number of nitrogen functional groups attached to an aromatic ring is 2. The van der Waals surface area contributed by atoms with Crippen molar-refractivity contribution in [2.45, 2.75) is 20.0 Å². The van der Waals surface area contributed by atoms with Crippen LogP contribution in [0.2, 0.25) is 0 Å². The van der Waals surface area contributed by atoms with E-state index in [9.17, 15) is 0 Å². The molecule has 0 bridgehead atoms. The number of nitrogens with two attached hydrogens (primary N) is 2. The zero-order valence-corrected chi connectivity index (χ0v) is 15.8. The van der Waals surface area contributed by atoms with Crippen LogP contribution in [-0.4, -0.2) is 44.2 Å². The minimum atomic E-state index is 0.0240. The van der Waals surface area contributed by atoms with E-state index < -0.39 is 0 Å². The van der Waals surface area contributed by atoms with Crippen LogP contribution in [0.5, 0.6) is 0 Å². The van der Waals surface area contributed by atoms with Gasteiger partial charge in [0.25, 0.3) is 0 Å². The molecular weight excluding hydrogens is 364 g/mol. The van der Waals surface area contributed by atoms with Gasteiger partial charge in [-0.05, 0) is 13.0 Å². The lowest BCUT2D eigenvalue weighted by molar-refractivity contribution is 0.269. The summed E-state index contributed by atoms with van der Waals surface area (Å²) in [6.45, 7) is 3.68. The van der Waals surface area contributed by atoms with Gasteiger partial charge in [0.15, 0.2) is 11.6 Å². The fourth-order valence-electron chi connectivity index (χ4n) is 2.40. The van der Waals surface area contributed by atoms with Gasteiger partial charge in [0.2, 0.25) is 0 Å². The lowest BCUT2D eigenvalue weighted by Crippen LogP contribution is -2.06. The zero-order valence-electron chi connectivity index (χ0n) is 15.0. The molecule has 0 saturated carbocycles. The molecule has 0 aliphatic heterocycles. The molecule has 0 aromatic carbocycles. The van der Waals surface area contributed by atoms with Gasteiger partial charge in [0, 0.05) is 29.4 Å². The first-order valence-corrected chi connectivity index (χ1v) is 9.30. The molecule has 0 atom stereocenters. The predicted molar refractivity (Wildman–Crippen MR) is 109 cm³/mol. The number of thiophene rings is 1. The van der Waals surface area contributed by atoms with Crippen LogP contribution in [0.15, 0.2) is 29.6 Å². The lowest BCUT2D eigenvalue weighted by Gasteiger charge is -2.08. The summed E-state index contributed by atoms with van der Waals surface area (Å²) in [6, 6.07) is 1.92. The predicted octanol–water partition coefficient (Wildman–Crippen LogP) is 1.61. The van der Waals surface area contributed by atoms with Crippen LogP contribution < -0.4 is 16.8 Å². The Balaban J connectivity index is 1.74. The molecule has 0 spiro atoms. The number of rotatable bonds is 8. The van der Waals surface area contributed by atoms with Crippen LogP contribution >= 0.6 is 11.3 Å². The van der Waals surface area contributed by atoms with Crippen molar-refractivity contribution < 1.29 is 5.11 Å². The summed E-state index contributed by atoms with van der Waals surface area (Å²) in [7, 11) is 0. The van der Waals surface area contributed by atoms with Crippen molar-refractivity contribution in [3.05, 3.63) is 34.4 Å². The fraction of sp³-hybridized carbons (Fsp3) is 0.294. The Labute approximate surface area is 160 Å². The normalized spacial score (nSPS) is 11.3. The summed E-state index contributed by atoms with van der Waals surface area (Å²) in [6.07, 6.45) is 6.88. The lowest BCUT2D eigenvalue weighted by atomic mass is 10.2. The van der Waals surface area contributed by atoms with E-state index in [1.165, 1.54) is 0 Å². The first-order chi connectivity index (χ1) is 13.1. The summed E-state index contributed by atoms with van der Waals surface area (Å²) in [5.74, 6) is 0.817. The quantitative estimate of drug-likeness (QED) is 0.431. The maximum atomic E-state index is 9.00. The van der Waals surface area contributed by atoms with Gasteiger partial charge in [-0.1, -0.05) is 0 Å². The molecule has 0 unspecified atom stereocenters. The van der Waals surface area contributed by atoms with Gasteiger partial charge < -0.3 is 21.9 Å². The largest absolute Gasteiger partial charge is 0.398 e.